The van der Waals surface area contributed by atoms with E-state index in [-0.39, 0.29) is 46.3 Å². The summed E-state index contributed by atoms with van der Waals surface area (Å²) in [5.74, 6) is -1.05. The summed E-state index contributed by atoms with van der Waals surface area (Å²) in [6, 6.07) is 0. The van der Waals surface area contributed by atoms with Crippen molar-refractivity contribution in [3.8, 4) is 0 Å². The van der Waals surface area contributed by atoms with Gasteiger partial charge in [-0.3, -0.25) is 4.98 Å². The maximum absolute atomic E-state index is 10.1. The third kappa shape index (κ3) is 2.60. The molecule has 0 radical (unpaired) electrons. The minimum absolute atomic E-state index is 0. The summed E-state index contributed by atoms with van der Waals surface area (Å²) in [6.07, 6.45) is 3.96. The van der Waals surface area contributed by atoms with Crippen molar-refractivity contribution in [2.24, 2.45) is 0 Å². The zero-order chi connectivity index (χ0) is 6.69. The number of aromatic nitrogens is 2. The van der Waals surface area contributed by atoms with Gasteiger partial charge in [0.05, 0.1) is 6.20 Å². The smallest absolute Gasteiger partial charge is 1.00 e. The Balaban J connectivity index is -0.000000270. The van der Waals surface area contributed by atoms with Crippen LogP contribution in [0.15, 0.2) is 18.6 Å². The fourth-order valence-corrected chi connectivity index (χ4v) is 0.410. The molecule has 0 amide bonds. The Morgan fingerprint density at radius 1 is 1.60 bits per heavy atom. The fourth-order valence-electron chi connectivity index (χ4n) is 0.410. The van der Waals surface area contributed by atoms with Gasteiger partial charge in [-0.1, -0.05) is 0 Å². The normalized spacial score (nSPS) is 8.00. The van der Waals surface area contributed by atoms with Gasteiger partial charge in [-0.2, -0.15) is 0 Å². The average molecular weight is 166 g/mol. The predicted octanol–water partition coefficient (Wildman–Crippen LogP) is 0.0190. The third-order valence-corrected chi connectivity index (χ3v) is 0.782. The molecule has 0 saturated carbocycles. The molecule has 50 valence electrons. The molecule has 0 spiro atoms. The molecule has 0 unspecified atom stereocenters. The van der Waals surface area contributed by atoms with Gasteiger partial charge in [0.1, 0.15) is 0 Å². The van der Waals surface area contributed by atoms with Crippen LogP contribution in [-0.4, -0.2) is 58.8 Å². The molecule has 4 nitrogen and oxygen atoms in total. The van der Waals surface area contributed by atoms with Gasteiger partial charge in [0, 0.05) is 12.4 Å². The summed E-state index contributed by atoms with van der Waals surface area (Å²) in [4.78, 5) is 17.2. The molecule has 1 aromatic rings. The summed E-state index contributed by atoms with van der Waals surface area (Å²) in [6.45, 7) is 0. The Labute approximate surface area is 90.3 Å². The van der Waals surface area contributed by atoms with E-state index in [1.54, 1.807) is 0 Å². The van der Waals surface area contributed by atoms with Gasteiger partial charge < -0.3 is 7.96 Å². The molecule has 1 aromatic heterocycles. The number of nitrogens with zero attached hydrogens (tertiary/aromatic N) is 2. The topological polar surface area (TPSA) is 63.1 Å². The molecule has 1 N–H and O–H groups in total. The van der Waals surface area contributed by atoms with Gasteiger partial charge >= 0.3 is 43.7 Å². The van der Waals surface area contributed by atoms with E-state index in [9.17, 15) is 4.79 Å². The molecule has 5 heteroatoms. The number of carboxylic acids is 1. The van der Waals surface area contributed by atoms with Crippen LogP contribution in [0.3, 0.4) is 0 Å². The van der Waals surface area contributed by atoms with Crippen molar-refractivity contribution in [2.75, 3.05) is 0 Å². The monoisotopic (exact) mass is 166 g/mol. The van der Waals surface area contributed by atoms with Gasteiger partial charge in [0.15, 0.2) is 5.69 Å². The van der Waals surface area contributed by atoms with E-state index in [1.165, 1.54) is 18.6 Å². The van der Waals surface area contributed by atoms with Crippen molar-refractivity contribution >= 4 is 43.7 Å². The van der Waals surface area contributed by atoms with E-state index in [4.69, 9.17) is 5.11 Å². The van der Waals surface area contributed by atoms with E-state index >= 15 is 0 Å². The molecular weight excluding hydrogens is 160 g/mol. The van der Waals surface area contributed by atoms with Crippen LogP contribution in [0, 0.1) is 0 Å². The molecule has 0 fully saturated rings. The predicted molar refractivity (Wildman–Crippen MR) is 37.0 cm³/mol. The van der Waals surface area contributed by atoms with Gasteiger partial charge in [-0.05, 0) is 0 Å². The number of aromatic carboxylic acids is 1. The van der Waals surface area contributed by atoms with Crippen molar-refractivity contribution in [1.82, 2.24) is 9.97 Å². The second-order valence-electron chi connectivity index (χ2n) is 1.40. The van der Waals surface area contributed by atoms with E-state index in [0.717, 1.165) is 0 Å². The van der Waals surface area contributed by atoms with E-state index < -0.39 is 5.97 Å². The molecule has 1 heterocycles. The van der Waals surface area contributed by atoms with Crippen molar-refractivity contribution in [3.63, 3.8) is 0 Å². The number of hydrogen-bond acceptors (Lipinski definition) is 3. The van der Waals surface area contributed by atoms with Crippen LogP contribution < -0.4 is 0 Å². The average Bonchev–Trinajstić information content (AvgIpc) is 1.90. The maximum atomic E-state index is 10.1. The summed E-state index contributed by atoms with van der Waals surface area (Å²) in [7, 11) is 0. The number of carbonyl (C=O) groups is 1. The van der Waals surface area contributed by atoms with E-state index in [2.05, 4.69) is 9.97 Å². The first kappa shape index (κ1) is 9.81. The third-order valence-electron chi connectivity index (χ3n) is 0.782. The molecule has 0 aromatic carbocycles. The molecule has 1 rings (SSSR count). The quantitative estimate of drug-likeness (QED) is 0.597. The molecule has 0 saturated heterocycles. The second kappa shape index (κ2) is 4.60. The maximum Gasteiger partial charge on any atom is 2.00 e. The minimum Gasteiger partial charge on any atom is -1.00 e. The standard InChI is InChI=1S/C5H4N2O2.Ca.2H/c8-5(9)4-3-6-1-2-7-4;;;/h1-3H,(H,8,9);;;/q;+2;2*-1. The molecular formula is C5H6CaN2O2. The van der Waals surface area contributed by atoms with Crippen LogP contribution in [-0.2, 0) is 0 Å². The molecule has 0 atom stereocenters. The number of hydrogen-bond donors (Lipinski definition) is 1. The van der Waals surface area contributed by atoms with Crippen LogP contribution in [0.4, 0.5) is 0 Å². The summed E-state index contributed by atoms with van der Waals surface area (Å²) >= 11 is 0. The van der Waals surface area contributed by atoms with Crippen molar-refractivity contribution < 1.29 is 12.8 Å². The Bertz CT molecular complexity index is 222. The number of carboxylic acid groups (broad SMARTS) is 1. The molecule has 0 aliphatic heterocycles. The molecule has 0 bridgehead atoms. The van der Waals surface area contributed by atoms with Gasteiger partial charge in [0.25, 0.3) is 0 Å². The zero-order valence-electron chi connectivity index (χ0n) is 7.19. The van der Waals surface area contributed by atoms with Crippen molar-refractivity contribution in [2.45, 2.75) is 0 Å². The zero-order valence-corrected chi connectivity index (χ0v) is 7.40. The first-order valence-electron chi connectivity index (χ1n) is 2.30. The largest absolute Gasteiger partial charge is 2.00 e. The second-order valence-corrected chi connectivity index (χ2v) is 1.40. The van der Waals surface area contributed by atoms with Crippen molar-refractivity contribution in [3.05, 3.63) is 24.3 Å². The molecule has 10 heavy (non-hydrogen) atoms. The Morgan fingerprint density at radius 2 is 2.30 bits per heavy atom. The first-order valence-corrected chi connectivity index (χ1v) is 2.30. The van der Waals surface area contributed by atoms with Crippen molar-refractivity contribution in [1.29, 1.82) is 0 Å². The SMILES string of the molecule is O=C(O)c1cnccn1.[Ca+2].[H-].[H-]. The molecule has 0 aliphatic rings. The van der Waals surface area contributed by atoms with Gasteiger partial charge in [-0.25, -0.2) is 9.78 Å². The fraction of sp³-hybridized carbons (Fsp3) is 0. The van der Waals surface area contributed by atoms with Crippen LogP contribution in [0.2, 0.25) is 0 Å². The molecule has 0 aliphatic carbocycles. The Hall–Kier alpha value is -0.190. The van der Waals surface area contributed by atoms with Crippen LogP contribution in [0.1, 0.15) is 13.3 Å². The number of rotatable bonds is 1. The van der Waals surface area contributed by atoms with Gasteiger partial charge in [-0.15, -0.1) is 0 Å². The summed E-state index contributed by atoms with van der Waals surface area (Å²) in [5, 5.41) is 8.28. The first-order chi connectivity index (χ1) is 4.30. The van der Waals surface area contributed by atoms with Gasteiger partial charge in [0.2, 0.25) is 0 Å². The van der Waals surface area contributed by atoms with Crippen LogP contribution in [0.25, 0.3) is 0 Å². The van der Waals surface area contributed by atoms with Crippen LogP contribution >= 0.6 is 0 Å². The van der Waals surface area contributed by atoms with E-state index in [1.807, 2.05) is 0 Å². The Kier molecular flexibility index (Phi) is 4.51. The minimum atomic E-state index is -1.05. The van der Waals surface area contributed by atoms with Crippen LogP contribution in [0.5, 0.6) is 0 Å². The summed E-state index contributed by atoms with van der Waals surface area (Å²) < 4.78 is 0. The van der Waals surface area contributed by atoms with E-state index in [0.29, 0.717) is 0 Å². The Morgan fingerprint density at radius 3 is 2.60 bits per heavy atom. The summed E-state index contributed by atoms with van der Waals surface area (Å²) in [5.41, 5.74) is -0.0301.